The third kappa shape index (κ3) is 1.72. The van der Waals surface area contributed by atoms with Crippen LogP contribution in [-0.4, -0.2) is 9.97 Å². The first-order valence-electron chi connectivity index (χ1n) is 6.93. The molecule has 0 atom stereocenters. The second kappa shape index (κ2) is 4.42. The molecule has 1 N–H and O–H groups in total. The number of fused-ring (bicyclic) bond motifs is 2. The third-order valence-electron chi connectivity index (χ3n) is 3.75. The Morgan fingerprint density at radius 3 is 2.95 bits per heavy atom. The molecule has 0 bridgehead atoms. The number of benzene rings is 1. The number of nitrogens with one attached hydrogen (secondary N) is 1. The summed E-state index contributed by atoms with van der Waals surface area (Å²) in [5.41, 5.74) is 4.36. The van der Waals surface area contributed by atoms with Crippen molar-refractivity contribution in [2.45, 2.75) is 26.4 Å². The van der Waals surface area contributed by atoms with Crippen LogP contribution in [0, 0.1) is 0 Å². The number of nitrogens with zero attached hydrogens (tertiary/aromatic N) is 2. The maximum atomic E-state index is 5.87. The van der Waals surface area contributed by atoms with Gasteiger partial charge in [0, 0.05) is 29.7 Å². The maximum Gasteiger partial charge on any atom is 0.196 e. The van der Waals surface area contributed by atoms with Crippen molar-refractivity contribution in [1.82, 2.24) is 15.3 Å². The fourth-order valence-corrected chi connectivity index (χ4v) is 2.73. The summed E-state index contributed by atoms with van der Waals surface area (Å²) in [4.78, 5) is 9.34. The molecule has 4 nitrogen and oxygen atoms in total. The molecule has 0 spiro atoms. The quantitative estimate of drug-likeness (QED) is 0.773. The molecule has 4 rings (SSSR count). The number of hydrogen-bond acceptors (Lipinski definition) is 4. The van der Waals surface area contributed by atoms with Crippen molar-refractivity contribution in [2.75, 3.05) is 0 Å². The first-order valence-corrected chi connectivity index (χ1v) is 6.93. The van der Waals surface area contributed by atoms with E-state index in [2.05, 4.69) is 22.2 Å². The molecular weight excluding hydrogens is 250 g/mol. The average Bonchev–Trinajstić information content (AvgIpc) is 3.12. The summed E-state index contributed by atoms with van der Waals surface area (Å²) in [6.45, 7) is 3.82. The maximum absolute atomic E-state index is 5.87. The summed E-state index contributed by atoms with van der Waals surface area (Å²) in [7, 11) is 0. The largest absolute Gasteiger partial charge is 0.453 e. The Labute approximate surface area is 116 Å². The van der Waals surface area contributed by atoms with Crippen LogP contribution in [0.4, 0.5) is 0 Å². The molecule has 0 aliphatic carbocycles. The zero-order chi connectivity index (χ0) is 13.5. The molecule has 4 heteroatoms. The topological polar surface area (TPSA) is 51.0 Å². The van der Waals surface area contributed by atoms with Crippen LogP contribution < -0.4 is 5.32 Å². The van der Waals surface area contributed by atoms with Gasteiger partial charge in [-0.15, -0.1) is 0 Å². The summed E-state index contributed by atoms with van der Waals surface area (Å²) < 4.78 is 5.87. The van der Waals surface area contributed by atoms with Gasteiger partial charge in [0.2, 0.25) is 0 Å². The lowest BCUT2D eigenvalue weighted by molar-refractivity contribution is 0.623. The second-order valence-corrected chi connectivity index (χ2v) is 5.02. The molecule has 1 aromatic carbocycles. The monoisotopic (exact) mass is 265 g/mol. The minimum absolute atomic E-state index is 0.695. The molecular formula is C16H15N3O. The molecule has 3 aromatic rings. The molecule has 20 heavy (non-hydrogen) atoms. The van der Waals surface area contributed by atoms with Gasteiger partial charge in [-0.2, -0.15) is 0 Å². The number of para-hydroxylation sites is 1. The van der Waals surface area contributed by atoms with E-state index in [0.717, 1.165) is 47.6 Å². The normalized spacial score (nSPS) is 13.8. The van der Waals surface area contributed by atoms with E-state index in [-0.39, 0.29) is 0 Å². The summed E-state index contributed by atoms with van der Waals surface area (Å²) in [5.74, 6) is 1.44. The Morgan fingerprint density at radius 2 is 2.10 bits per heavy atom. The zero-order valence-electron chi connectivity index (χ0n) is 11.3. The van der Waals surface area contributed by atoms with Crippen molar-refractivity contribution >= 4 is 11.0 Å². The summed E-state index contributed by atoms with van der Waals surface area (Å²) in [6.07, 6.45) is 0.916. The van der Waals surface area contributed by atoms with Crippen LogP contribution in [0.15, 0.2) is 34.7 Å². The van der Waals surface area contributed by atoms with Crippen molar-refractivity contribution in [3.8, 4) is 11.6 Å². The van der Waals surface area contributed by atoms with Crippen molar-refractivity contribution in [1.29, 1.82) is 0 Å². The van der Waals surface area contributed by atoms with Crippen LogP contribution in [0.25, 0.3) is 22.6 Å². The zero-order valence-corrected chi connectivity index (χ0v) is 11.3. The predicted molar refractivity (Wildman–Crippen MR) is 77.2 cm³/mol. The summed E-state index contributed by atoms with van der Waals surface area (Å²) in [5, 5.41) is 4.42. The van der Waals surface area contributed by atoms with Crippen LogP contribution in [0.3, 0.4) is 0 Å². The van der Waals surface area contributed by atoms with Gasteiger partial charge in [0.25, 0.3) is 0 Å². The van der Waals surface area contributed by atoms with Gasteiger partial charge in [0.05, 0.1) is 5.69 Å². The Balaban J connectivity index is 1.89. The van der Waals surface area contributed by atoms with Crippen molar-refractivity contribution in [3.05, 3.63) is 47.3 Å². The van der Waals surface area contributed by atoms with Gasteiger partial charge in [-0.3, -0.25) is 0 Å². The SMILES string of the molecule is CCc1nc(-c2cc3ccccc3o2)nc2c1CNC2. The van der Waals surface area contributed by atoms with E-state index >= 15 is 0 Å². The highest BCUT2D eigenvalue weighted by molar-refractivity contribution is 5.81. The van der Waals surface area contributed by atoms with Crippen molar-refractivity contribution < 1.29 is 4.42 Å². The van der Waals surface area contributed by atoms with Gasteiger partial charge in [-0.1, -0.05) is 25.1 Å². The number of furan rings is 1. The molecule has 0 saturated heterocycles. The molecule has 0 radical (unpaired) electrons. The first kappa shape index (κ1) is 11.6. The van der Waals surface area contributed by atoms with Gasteiger partial charge < -0.3 is 9.73 Å². The van der Waals surface area contributed by atoms with E-state index in [1.165, 1.54) is 5.56 Å². The van der Waals surface area contributed by atoms with E-state index in [9.17, 15) is 0 Å². The Kier molecular flexibility index (Phi) is 2.57. The number of hydrogen-bond donors (Lipinski definition) is 1. The molecule has 0 saturated carbocycles. The summed E-state index contributed by atoms with van der Waals surface area (Å²) in [6, 6.07) is 10.00. The van der Waals surface area contributed by atoms with Crippen molar-refractivity contribution in [3.63, 3.8) is 0 Å². The Hall–Kier alpha value is -2.20. The first-order chi connectivity index (χ1) is 9.85. The lowest BCUT2D eigenvalue weighted by Gasteiger charge is -2.06. The Morgan fingerprint density at radius 1 is 1.20 bits per heavy atom. The fourth-order valence-electron chi connectivity index (χ4n) is 2.73. The van der Waals surface area contributed by atoms with Crippen molar-refractivity contribution in [2.24, 2.45) is 0 Å². The highest BCUT2D eigenvalue weighted by Crippen LogP contribution is 2.27. The molecule has 100 valence electrons. The summed E-state index contributed by atoms with van der Waals surface area (Å²) >= 11 is 0. The van der Waals surface area contributed by atoms with E-state index in [1.54, 1.807) is 0 Å². The molecule has 0 unspecified atom stereocenters. The van der Waals surface area contributed by atoms with Gasteiger partial charge in [0.1, 0.15) is 5.58 Å². The highest BCUT2D eigenvalue weighted by Gasteiger charge is 2.19. The van der Waals surface area contributed by atoms with Crippen LogP contribution >= 0.6 is 0 Å². The molecule has 1 aliphatic heterocycles. The van der Waals surface area contributed by atoms with Crippen LogP contribution in [0.1, 0.15) is 23.9 Å². The van der Waals surface area contributed by atoms with E-state index in [4.69, 9.17) is 4.42 Å². The highest BCUT2D eigenvalue weighted by atomic mass is 16.3. The fraction of sp³-hybridized carbons (Fsp3) is 0.250. The predicted octanol–water partition coefficient (Wildman–Crippen LogP) is 3.06. The molecule has 2 aromatic heterocycles. The molecule has 0 amide bonds. The standard InChI is InChI=1S/C16H15N3O/c1-2-12-11-8-17-9-13(11)19-16(18-12)15-7-10-5-3-4-6-14(10)20-15/h3-7,17H,2,8-9H2,1H3. The lowest BCUT2D eigenvalue weighted by Crippen LogP contribution is -2.02. The van der Waals surface area contributed by atoms with Crippen LogP contribution in [-0.2, 0) is 19.5 Å². The third-order valence-corrected chi connectivity index (χ3v) is 3.75. The minimum Gasteiger partial charge on any atom is -0.453 e. The Bertz CT molecular complexity index is 759. The van der Waals surface area contributed by atoms with Crippen LogP contribution in [0.2, 0.25) is 0 Å². The van der Waals surface area contributed by atoms with Gasteiger partial charge >= 0.3 is 0 Å². The average molecular weight is 265 g/mol. The molecule has 1 aliphatic rings. The number of aryl methyl sites for hydroxylation is 1. The molecule has 3 heterocycles. The van der Waals surface area contributed by atoms with E-state index in [1.807, 2.05) is 30.3 Å². The second-order valence-electron chi connectivity index (χ2n) is 5.02. The smallest absolute Gasteiger partial charge is 0.196 e. The lowest BCUT2D eigenvalue weighted by atomic mass is 10.1. The van der Waals surface area contributed by atoms with E-state index in [0.29, 0.717) is 5.82 Å². The van der Waals surface area contributed by atoms with E-state index < -0.39 is 0 Å². The van der Waals surface area contributed by atoms with Gasteiger partial charge in [-0.25, -0.2) is 9.97 Å². The molecule has 0 fully saturated rings. The minimum atomic E-state index is 0.695. The number of aromatic nitrogens is 2. The van der Waals surface area contributed by atoms with Gasteiger partial charge in [-0.05, 0) is 18.6 Å². The van der Waals surface area contributed by atoms with Gasteiger partial charge in [0.15, 0.2) is 11.6 Å². The number of rotatable bonds is 2. The van der Waals surface area contributed by atoms with Crippen LogP contribution in [0.5, 0.6) is 0 Å².